The van der Waals surface area contributed by atoms with E-state index in [2.05, 4.69) is 16.0 Å². The van der Waals surface area contributed by atoms with Gasteiger partial charge in [-0.25, -0.2) is 4.79 Å². The normalized spacial score (nSPS) is 35.7. The van der Waals surface area contributed by atoms with Crippen molar-refractivity contribution in [1.82, 2.24) is 16.0 Å². The Morgan fingerprint density at radius 2 is 1.59 bits per heavy atom. The fraction of sp³-hybridized carbons (Fsp3) is 0.600. The standard InChI is InChI=1S/C35H49N3O13/c1-19-27(41)30(44)32(51-34-31(45)29(43)28(42)25(50-34)18-47-33(46)21-6-3-2-4-7-21)35(48-19)49-23-10-8-20(9-11-23)24-16-26(40)38-14-5-13-36-17-22(39)12-15-37-24/h2-4,6-11,19,22,24-25,27-32,34-37,39,41-45H,5,12-18H2,1H3,(H,38,40)/t19-,22+,24?,25+,27-,28+,29-,30+,31+,32+,34-,35-/m0/s1. The number of carbonyl (C=O) groups is 2. The molecule has 2 aromatic rings. The van der Waals surface area contributed by atoms with E-state index in [4.69, 9.17) is 23.7 Å². The first kappa shape index (κ1) is 39.0. The number of aliphatic hydroxyl groups excluding tert-OH is 6. The number of ether oxygens (including phenoxy) is 5. The van der Waals surface area contributed by atoms with Crippen molar-refractivity contribution in [3.8, 4) is 5.75 Å². The van der Waals surface area contributed by atoms with Gasteiger partial charge in [0.2, 0.25) is 12.2 Å². The van der Waals surface area contributed by atoms with Crippen LogP contribution in [0.2, 0.25) is 0 Å². The average molecular weight is 720 g/mol. The Hall–Kier alpha value is -3.26. The Bertz CT molecular complexity index is 1390. The predicted molar refractivity (Wildman–Crippen MR) is 178 cm³/mol. The van der Waals surface area contributed by atoms with Crippen LogP contribution in [0.25, 0.3) is 0 Å². The van der Waals surface area contributed by atoms with Crippen LogP contribution in [0, 0.1) is 0 Å². The van der Waals surface area contributed by atoms with Gasteiger partial charge in [0.1, 0.15) is 49.0 Å². The Kier molecular flexibility index (Phi) is 14.1. The molecule has 16 nitrogen and oxygen atoms in total. The molecule has 3 heterocycles. The van der Waals surface area contributed by atoms with Gasteiger partial charge in [0.25, 0.3) is 0 Å². The zero-order valence-corrected chi connectivity index (χ0v) is 28.3. The lowest BCUT2D eigenvalue weighted by Gasteiger charge is -2.45. The van der Waals surface area contributed by atoms with E-state index in [9.17, 15) is 40.2 Å². The smallest absolute Gasteiger partial charge is 0.338 e. The highest BCUT2D eigenvalue weighted by molar-refractivity contribution is 5.89. The Morgan fingerprint density at radius 3 is 2.33 bits per heavy atom. The van der Waals surface area contributed by atoms with Crippen molar-refractivity contribution in [2.24, 2.45) is 0 Å². The molecule has 3 aliphatic rings. The van der Waals surface area contributed by atoms with Gasteiger partial charge in [-0.3, -0.25) is 4.79 Å². The van der Waals surface area contributed by atoms with Crippen LogP contribution in [0.4, 0.5) is 0 Å². The number of rotatable bonds is 8. The SMILES string of the molecule is C[C@@H]1O[C@@H](Oc2ccc(C3CC(=O)NCCCNC[C@H](O)CCN3)cc2)[C@H](O[C@@H]2O[C@H](COC(=O)c3ccccc3)[C@@H](O)[C@H](O)[C@H]2O)[C@H](O)[C@H]1O. The van der Waals surface area contributed by atoms with Gasteiger partial charge in [0.05, 0.1) is 17.8 Å². The maximum Gasteiger partial charge on any atom is 0.338 e. The summed E-state index contributed by atoms with van der Waals surface area (Å²) < 4.78 is 28.8. The number of benzene rings is 2. The molecule has 3 fully saturated rings. The predicted octanol–water partition coefficient (Wildman–Crippen LogP) is -1.54. The molecule has 51 heavy (non-hydrogen) atoms. The third-order valence-corrected chi connectivity index (χ3v) is 9.16. The summed E-state index contributed by atoms with van der Waals surface area (Å²) in [6.45, 7) is 3.17. The first-order chi connectivity index (χ1) is 24.5. The summed E-state index contributed by atoms with van der Waals surface area (Å²) in [7, 11) is 0. The number of hydrogen-bond acceptors (Lipinski definition) is 15. The van der Waals surface area contributed by atoms with E-state index in [-0.39, 0.29) is 29.7 Å². The molecule has 5 rings (SSSR count). The molecule has 9 N–H and O–H groups in total. The molecule has 0 aromatic heterocycles. The van der Waals surface area contributed by atoms with E-state index in [1.54, 1.807) is 54.6 Å². The molecule has 3 saturated heterocycles. The maximum atomic E-state index is 12.7. The van der Waals surface area contributed by atoms with Gasteiger partial charge < -0.3 is 70.3 Å². The van der Waals surface area contributed by atoms with E-state index < -0.39 is 80.1 Å². The summed E-state index contributed by atoms with van der Waals surface area (Å²) in [6.07, 6.45) is -14.1. The van der Waals surface area contributed by atoms with E-state index in [0.717, 1.165) is 12.0 Å². The van der Waals surface area contributed by atoms with Gasteiger partial charge in [-0.05, 0) is 62.7 Å². The van der Waals surface area contributed by atoms with Crippen LogP contribution in [0.15, 0.2) is 54.6 Å². The molecule has 1 amide bonds. The third-order valence-electron chi connectivity index (χ3n) is 9.16. The minimum Gasteiger partial charge on any atom is -0.462 e. The second-order valence-corrected chi connectivity index (χ2v) is 13.0. The van der Waals surface area contributed by atoms with E-state index in [0.29, 0.717) is 32.6 Å². The van der Waals surface area contributed by atoms with Crippen LogP contribution in [-0.2, 0) is 23.7 Å². The minimum absolute atomic E-state index is 0.119. The summed E-state index contributed by atoms with van der Waals surface area (Å²) in [5.41, 5.74) is 1.04. The molecular formula is C35H49N3O13. The quantitative estimate of drug-likeness (QED) is 0.141. The highest BCUT2D eigenvalue weighted by atomic mass is 16.8. The lowest BCUT2D eigenvalue weighted by molar-refractivity contribution is -0.355. The van der Waals surface area contributed by atoms with Gasteiger partial charge in [-0.15, -0.1) is 0 Å². The molecule has 12 atom stereocenters. The highest BCUT2D eigenvalue weighted by Crippen LogP contribution is 2.31. The zero-order valence-electron chi connectivity index (χ0n) is 28.3. The van der Waals surface area contributed by atoms with E-state index in [1.165, 1.54) is 6.92 Å². The molecule has 0 bridgehead atoms. The summed E-state index contributed by atoms with van der Waals surface area (Å²) in [5, 5.41) is 73.3. The molecule has 0 spiro atoms. The van der Waals surface area contributed by atoms with Gasteiger partial charge in [-0.1, -0.05) is 30.3 Å². The maximum absolute atomic E-state index is 12.7. The Labute approximate surface area is 295 Å². The van der Waals surface area contributed by atoms with Crippen molar-refractivity contribution >= 4 is 11.9 Å². The van der Waals surface area contributed by atoms with Crippen LogP contribution in [-0.4, -0.2) is 143 Å². The van der Waals surface area contributed by atoms with E-state index in [1.807, 2.05) is 0 Å². The third kappa shape index (κ3) is 10.4. The molecule has 2 aromatic carbocycles. The summed E-state index contributed by atoms with van der Waals surface area (Å²) >= 11 is 0. The fourth-order valence-electron chi connectivity index (χ4n) is 6.09. The van der Waals surface area contributed by atoms with Crippen molar-refractivity contribution in [2.45, 2.75) is 99.7 Å². The number of carbonyl (C=O) groups excluding carboxylic acids is 2. The van der Waals surface area contributed by atoms with Crippen LogP contribution in [0.1, 0.15) is 48.1 Å². The van der Waals surface area contributed by atoms with Crippen LogP contribution >= 0.6 is 0 Å². The number of esters is 1. The Balaban J connectivity index is 1.26. The number of aliphatic hydroxyl groups is 6. The number of hydrogen-bond donors (Lipinski definition) is 9. The lowest BCUT2D eigenvalue weighted by Crippen LogP contribution is -2.64. The van der Waals surface area contributed by atoms with Crippen molar-refractivity contribution in [2.75, 3.05) is 32.8 Å². The first-order valence-corrected chi connectivity index (χ1v) is 17.3. The van der Waals surface area contributed by atoms with Gasteiger partial charge in [0, 0.05) is 25.6 Å². The van der Waals surface area contributed by atoms with Crippen molar-refractivity contribution in [1.29, 1.82) is 0 Å². The Morgan fingerprint density at radius 1 is 0.843 bits per heavy atom. The topological polar surface area (TPSA) is 238 Å². The molecule has 0 aliphatic carbocycles. The fourth-order valence-corrected chi connectivity index (χ4v) is 6.09. The molecular weight excluding hydrogens is 670 g/mol. The second kappa shape index (κ2) is 18.5. The number of nitrogens with one attached hydrogen (secondary N) is 3. The summed E-state index contributed by atoms with van der Waals surface area (Å²) in [4.78, 5) is 25.1. The zero-order chi connectivity index (χ0) is 36.5. The molecule has 0 saturated carbocycles. The van der Waals surface area contributed by atoms with Crippen molar-refractivity contribution in [3.05, 3.63) is 65.7 Å². The first-order valence-electron chi connectivity index (χ1n) is 17.3. The average Bonchev–Trinajstić information content (AvgIpc) is 3.14. The molecule has 1 unspecified atom stereocenters. The largest absolute Gasteiger partial charge is 0.462 e. The molecule has 3 aliphatic heterocycles. The monoisotopic (exact) mass is 719 g/mol. The van der Waals surface area contributed by atoms with Gasteiger partial charge >= 0.3 is 5.97 Å². The summed E-state index contributed by atoms with van der Waals surface area (Å²) in [6, 6.07) is 14.6. The van der Waals surface area contributed by atoms with Crippen molar-refractivity contribution < 1.29 is 63.9 Å². The lowest BCUT2D eigenvalue weighted by atomic mass is 9.97. The van der Waals surface area contributed by atoms with Crippen LogP contribution < -0.4 is 20.7 Å². The molecule has 0 radical (unpaired) electrons. The minimum atomic E-state index is -1.80. The van der Waals surface area contributed by atoms with Crippen LogP contribution in [0.5, 0.6) is 5.75 Å². The summed E-state index contributed by atoms with van der Waals surface area (Å²) in [5.74, 6) is -0.532. The van der Waals surface area contributed by atoms with Crippen LogP contribution in [0.3, 0.4) is 0 Å². The number of amides is 1. The van der Waals surface area contributed by atoms with Gasteiger partial charge in [0.15, 0.2) is 12.4 Å². The van der Waals surface area contributed by atoms with Crippen molar-refractivity contribution in [3.63, 3.8) is 0 Å². The molecule has 282 valence electrons. The molecule has 16 heteroatoms. The van der Waals surface area contributed by atoms with E-state index >= 15 is 0 Å². The number of β-amino-alcohol motifs (C(OH)–C–C–N with tert-alkyl or cyclic N) is 1. The second-order valence-electron chi connectivity index (χ2n) is 13.0. The van der Waals surface area contributed by atoms with Gasteiger partial charge in [-0.2, -0.15) is 0 Å². The highest BCUT2D eigenvalue weighted by Gasteiger charge is 2.51.